The predicted octanol–water partition coefficient (Wildman–Crippen LogP) is 2.80. The summed E-state index contributed by atoms with van der Waals surface area (Å²) in [5, 5.41) is 8.72. The lowest BCUT2D eigenvalue weighted by Gasteiger charge is -2.34. The van der Waals surface area contributed by atoms with Crippen molar-refractivity contribution in [2.45, 2.75) is 13.1 Å². The Bertz CT molecular complexity index is 1310. The smallest absolute Gasteiger partial charge is 0.277 e. The van der Waals surface area contributed by atoms with Crippen LogP contribution in [0.3, 0.4) is 0 Å². The molecule has 166 valence electrons. The number of hydrogen-bond donors (Lipinski definition) is 0. The van der Waals surface area contributed by atoms with Gasteiger partial charge in [0.05, 0.1) is 11.9 Å². The van der Waals surface area contributed by atoms with Crippen molar-refractivity contribution in [2.24, 2.45) is 0 Å². The van der Waals surface area contributed by atoms with Gasteiger partial charge in [0.25, 0.3) is 11.5 Å². The highest BCUT2D eigenvalue weighted by molar-refractivity contribution is 5.94. The van der Waals surface area contributed by atoms with Gasteiger partial charge in [0, 0.05) is 38.3 Å². The molecule has 2 heterocycles. The fourth-order valence-corrected chi connectivity index (χ4v) is 4.19. The molecule has 33 heavy (non-hydrogen) atoms. The van der Waals surface area contributed by atoms with E-state index in [1.54, 1.807) is 12.1 Å². The molecule has 0 spiro atoms. The largest absolute Gasteiger partial charge is 0.336 e. The van der Waals surface area contributed by atoms with Crippen molar-refractivity contribution in [2.75, 3.05) is 26.2 Å². The monoisotopic (exact) mass is 439 g/mol. The molecule has 0 aliphatic carbocycles. The third-order valence-corrected chi connectivity index (χ3v) is 6.07. The summed E-state index contributed by atoms with van der Waals surface area (Å²) in [6.45, 7) is 4.38. The third-order valence-electron chi connectivity index (χ3n) is 6.07. The summed E-state index contributed by atoms with van der Waals surface area (Å²) < 4.78 is 1.35. The van der Waals surface area contributed by atoms with E-state index < -0.39 is 0 Å². The fourth-order valence-electron chi connectivity index (χ4n) is 4.19. The minimum Gasteiger partial charge on any atom is -0.336 e. The van der Waals surface area contributed by atoms with Crippen LogP contribution in [0.15, 0.2) is 83.7 Å². The van der Waals surface area contributed by atoms with Crippen LogP contribution in [0.1, 0.15) is 21.5 Å². The van der Waals surface area contributed by atoms with Crippen molar-refractivity contribution in [3.63, 3.8) is 0 Å². The standard InChI is InChI=1S/C26H25N5O2/c32-25(30-16-14-29(15-17-30)18-20-6-2-1-3-7-20)22-12-10-21(11-13-22)19-31-26(33)23-8-4-5-9-24(23)27-28-31/h1-13H,14-19H2. The van der Waals surface area contributed by atoms with Crippen molar-refractivity contribution in [1.29, 1.82) is 0 Å². The van der Waals surface area contributed by atoms with Gasteiger partial charge >= 0.3 is 0 Å². The van der Waals surface area contributed by atoms with E-state index in [-0.39, 0.29) is 11.5 Å². The van der Waals surface area contributed by atoms with Crippen molar-refractivity contribution in [3.05, 3.63) is 106 Å². The zero-order valence-electron chi connectivity index (χ0n) is 18.3. The third kappa shape index (κ3) is 4.68. The van der Waals surface area contributed by atoms with Crippen LogP contribution in [-0.4, -0.2) is 56.9 Å². The number of aromatic nitrogens is 3. The maximum absolute atomic E-state index is 13.0. The highest BCUT2D eigenvalue weighted by atomic mass is 16.2. The number of nitrogens with zero attached hydrogens (tertiary/aromatic N) is 5. The molecule has 7 nitrogen and oxygen atoms in total. The normalized spacial score (nSPS) is 14.5. The molecule has 1 aliphatic rings. The van der Waals surface area contributed by atoms with Crippen LogP contribution in [0.4, 0.5) is 0 Å². The van der Waals surface area contributed by atoms with E-state index >= 15 is 0 Å². The van der Waals surface area contributed by atoms with Gasteiger partial charge in [-0.3, -0.25) is 14.5 Å². The molecule has 4 aromatic rings. The molecule has 1 aromatic heterocycles. The van der Waals surface area contributed by atoms with Crippen LogP contribution >= 0.6 is 0 Å². The van der Waals surface area contributed by atoms with Gasteiger partial charge in [0.1, 0.15) is 5.52 Å². The van der Waals surface area contributed by atoms with Gasteiger partial charge in [0.15, 0.2) is 0 Å². The number of benzene rings is 3. The predicted molar refractivity (Wildman–Crippen MR) is 127 cm³/mol. The van der Waals surface area contributed by atoms with E-state index in [1.807, 2.05) is 47.4 Å². The van der Waals surface area contributed by atoms with Crippen LogP contribution in [0, 0.1) is 0 Å². The zero-order chi connectivity index (χ0) is 22.6. The molecule has 0 unspecified atom stereocenters. The summed E-state index contributed by atoms with van der Waals surface area (Å²) in [6.07, 6.45) is 0. The summed E-state index contributed by atoms with van der Waals surface area (Å²) in [5.74, 6) is 0.0450. The van der Waals surface area contributed by atoms with Crippen molar-refractivity contribution in [1.82, 2.24) is 24.8 Å². The molecule has 1 fully saturated rings. The van der Waals surface area contributed by atoms with Crippen molar-refractivity contribution in [3.8, 4) is 0 Å². The minimum atomic E-state index is -0.172. The van der Waals surface area contributed by atoms with E-state index in [1.165, 1.54) is 10.2 Å². The first-order valence-corrected chi connectivity index (χ1v) is 11.1. The van der Waals surface area contributed by atoms with Gasteiger partial charge in [-0.25, -0.2) is 4.68 Å². The number of carbonyl (C=O) groups excluding carboxylic acids is 1. The lowest BCUT2D eigenvalue weighted by molar-refractivity contribution is 0.0628. The second kappa shape index (κ2) is 9.34. The molecule has 1 saturated heterocycles. The summed E-state index contributed by atoms with van der Waals surface area (Å²) in [4.78, 5) is 29.9. The van der Waals surface area contributed by atoms with E-state index in [0.717, 1.165) is 38.3 Å². The van der Waals surface area contributed by atoms with E-state index in [2.05, 4.69) is 39.5 Å². The molecule has 1 aliphatic heterocycles. The van der Waals surface area contributed by atoms with Gasteiger partial charge in [-0.2, -0.15) is 0 Å². The van der Waals surface area contributed by atoms with Gasteiger partial charge in [-0.15, -0.1) is 5.10 Å². The Balaban J connectivity index is 1.21. The Hall–Kier alpha value is -3.84. The number of hydrogen-bond acceptors (Lipinski definition) is 5. The summed E-state index contributed by atoms with van der Waals surface area (Å²) in [6, 6.07) is 25.0. The first-order chi connectivity index (χ1) is 16.2. The lowest BCUT2D eigenvalue weighted by Crippen LogP contribution is -2.48. The summed E-state index contributed by atoms with van der Waals surface area (Å²) >= 11 is 0. The Labute approximate surface area is 191 Å². The van der Waals surface area contributed by atoms with Gasteiger partial charge < -0.3 is 4.90 Å². The van der Waals surface area contributed by atoms with Crippen molar-refractivity contribution < 1.29 is 4.79 Å². The topological polar surface area (TPSA) is 71.3 Å². The number of amides is 1. The molecule has 3 aromatic carbocycles. The van der Waals surface area contributed by atoms with Crippen LogP contribution in [0.2, 0.25) is 0 Å². The quantitative estimate of drug-likeness (QED) is 0.478. The Morgan fingerprint density at radius 2 is 1.42 bits per heavy atom. The molecule has 5 rings (SSSR count). The highest BCUT2D eigenvalue weighted by Crippen LogP contribution is 2.13. The van der Waals surface area contributed by atoms with Crippen LogP contribution in [-0.2, 0) is 13.1 Å². The van der Waals surface area contributed by atoms with E-state index in [9.17, 15) is 9.59 Å². The van der Waals surface area contributed by atoms with Crippen LogP contribution in [0.25, 0.3) is 10.9 Å². The van der Waals surface area contributed by atoms with E-state index in [4.69, 9.17) is 0 Å². The molecule has 7 heteroatoms. The molecule has 1 amide bonds. The Kier molecular flexibility index (Phi) is 5.95. The average Bonchev–Trinajstić information content (AvgIpc) is 2.87. The highest BCUT2D eigenvalue weighted by Gasteiger charge is 2.22. The maximum Gasteiger partial charge on any atom is 0.277 e. The second-order valence-electron chi connectivity index (χ2n) is 8.32. The fraction of sp³-hybridized carbons (Fsp3) is 0.231. The van der Waals surface area contributed by atoms with Gasteiger partial charge in [-0.05, 0) is 35.4 Å². The number of fused-ring (bicyclic) bond motifs is 1. The van der Waals surface area contributed by atoms with Crippen LogP contribution < -0.4 is 5.56 Å². The SMILES string of the molecule is O=C(c1ccc(Cn2nnc3ccccc3c2=O)cc1)N1CCN(Cc2ccccc2)CC1. The van der Waals surface area contributed by atoms with E-state index in [0.29, 0.717) is 23.0 Å². The Morgan fingerprint density at radius 3 is 2.18 bits per heavy atom. The molecule has 0 atom stereocenters. The number of piperazine rings is 1. The summed E-state index contributed by atoms with van der Waals surface area (Å²) in [5.41, 5.74) is 3.26. The first-order valence-electron chi connectivity index (χ1n) is 11.1. The average molecular weight is 440 g/mol. The summed E-state index contributed by atoms with van der Waals surface area (Å²) in [7, 11) is 0. The number of carbonyl (C=O) groups is 1. The Morgan fingerprint density at radius 1 is 0.758 bits per heavy atom. The van der Waals surface area contributed by atoms with Crippen LogP contribution in [0.5, 0.6) is 0 Å². The van der Waals surface area contributed by atoms with Gasteiger partial charge in [0.2, 0.25) is 0 Å². The molecular weight excluding hydrogens is 414 g/mol. The minimum absolute atomic E-state index is 0.0450. The molecule has 0 bridgehead atoms. The van der Waals surface area contributed by atoms with Crippen molar-refractivity contribution >= 4 is 16.8 Å². The molecule has 0 radical (unpaired) electrons. The molecule has 0 saturated carbocycles. The molecule has 0 N–H and O–H groups in total. The second-order valence-corrected chi connectivity index (χ2v) is 8.32. The zero-order valence-corrected chi connectivity index (χ0v) is 18.3. The first kappa shape index (κ1) is 21.0. The lowest BCUT2D eigenvalue weighted by atomic mass is 10.1. The number of rotatable bonds is 5. The maximum atomic E-state index is 13.0. The molecular formula is C26H25N5O2. The van der Waals surface area contributed by atoms with Gasteiger partial charge in [-0.1, -0.05) is 59.8 Å².